The predicted octanol–water partition coefficient (Wildman–Crippen LogP) is 34.4. The van der Waals surface area contributed by atoms with Gasteiger partial charge < -0.3 is 26.5 Å². The molecule has 0 saturated carbocycles. The number of hydrogen-bond donors (Lipinski definition) is 0. The Morgan fingerprint density at radius 1 is 0.164 bits per heavy atom. The molecule has 0 aliphatic heterocycles. The summed E-state index contributed by atoms with van der Waals surface area (Å²) in [6.45, 7) is 14.7. The van der Waals surface area contributed by atoms with E-state index in [-0.39, 0.29) is 0 Å². The number of fused-ring (bicyclic) bond motifs is 21. The molecule has 0 bridgehead atoms. The van der Waals surface area contributed by atoms with Crippen molar-refractivity contribution >= 4 is 163 Å². The van der Waals surface area contributed by atoms with Crippen LogP contribution in [-0.4, -0.2) is 0 Å². The molecule has 7 aromatic heterocycles. The van der Waals surface area contributed by atoms with Crippen LogP contribution in [0.2, 0.25) is 0 Å². The van der Waals surface area contributed by atoms with Gasteiger partial charge in [0.2, 0.25) is 0 Å². The number of rotatable bonds is 4. The van der Waals surface area contributed by atoms with Gasteiger partial charge in [0.15, 0.2) is 0 Å². The Kier molecular flexibility index (Phi) is 21.3. The van der Waals surface area contributed by atoms with E-state index in [1.165, 1.54) is 163 Å². The minimum atomic E-state index is 0.946. The molecular formula is C115H86O6S. The van der Waals surface area contributed by atoms with E-state index in [9.17, 15) is 0 Å². The Balaban J connectivity index is 0.0000000942. The summed E-state index contributed by atoms with van der Waals surface area (Å²) in [6, 6.07) is 137. The van der Waals surface area contributed by atoms with E-state index in [0.29, 0.717) is 0 Å². The van der Waals surface area contributed by atoms with Gasteiger partial charge in [0, 0.05) is 90.4 Å². The summed E-state index contributed by atoms with van der Waals surface area (Å²) in [5, 5.41) is 17.1. The summed E-state index contributed by atoms with van der Waals surface area (Å²) in [5.74, 6) is 0. The average Bonchev–Trinajstić information content (AvgIpc) is 1.61. The normalized spacial score (nSPS) is 11.2. The highest BCUT2D eigenvalue weighted by Crippen LogP contribution is 2.43. The highest BCUT2D eigenvalue weighted by atomic mass is 32.1. The molecule has 6 nitrogen and oxygen atoms in total. The molecule has 0 aliphatic rings. The highest BCUT2D eigenvalue weighted by molar-refractivity contribution is 7.26. The second kappa shape index (κ2) is 33.8. The van der Waals surface area contributed by atoms with Crippen molar-refractivity contribution in [3.05, 3.63) is 433 Å². The lowest BCUT2D eigenvalue weighted by Crippen LogP contribution is -1.80. The molecular weight excluding hydrogens is 1510 g/mol. The van der Waals surface area contributed by atoms with E-state index in [0.717, 1.165) is 72.6 Å². The summed E-state index contributed by atoms with van der Waals surface area (Å²) in [6.07, 6.45) is 0. The predicted molar refractivity (Wildman–Crippen MR) is 517 cm³/mol. The third-order valence-electron chi connectivity index (χ3n) is 22.8. The minimum Gasteiger partial charge on any atom is -0.456 e. The molecule has 0 amide bonds. The van der Waals surface area contributed by atoms with Crippen LogP contribution in [0.15, 0.2) is 421 Å². The van der Waals surface area contributed by atoms with Gasteiger partial charge in [-0.1, -0.05) is 337 Å². The molecule has 0 radical (unpaired) electrons. The molecule has 7 heterocycles. The fourth-order valence-electron chi connectivity index (χ4n) is 16.5. The second-order valence-corrected chi connectivity index (χ2v) is 32.4. The summed E-state index contributed by atoms with van der Waals surface area (Å²) >= 11 is 1.87. The highest BCUT2D eigenvalue weighted by Gasteiger charge is 2.17. The van der Waals surface area contributed by atoms with Crippen LogP contribution in [0.5, 0.6) is 0 Å². The topological polar surface area (TPSA) is 78.8 Å². The molecule has 7 heteroatoms. The van der Waals surface area contributed by atoms with Crippen LogP contribution in [0.1, 0.15) is 38.9 Å². The molecule has 25 aromatic rings. The average molecular weight is 1600 g/mol. The zero-order valence-corrected chi connectivity index (χ0v) is 69.7. The van der Waals surface area contributed by atoms with Crippen molar-refractivity contribution in [2.75, 3.05) is 0 Å². The number of furan rings is 6. The number of thiophene rings is 1. The zero-order valence-electron chi connectivity index (χ0n) is 68.9. The van der Waals surface area contributed by atoms with Crippen molar-refractivity contribution in [3.63, 3.8) is 0 Å². The first-order valence-electron chi connectivity index (χ1n) is 41.4. The zero-order chi connectivity index (χ0) is 82.7. The van der Waals surface area contributed by atoms with Gasteiger partial charge >= 0.3 is 0 Å². The Morgan fingerprint density at radius 2 is 0.475 bits per heavy atom. The maximum atomic E-state index is 6.07. The molecule has 0 saturated heterocycles. The van der Waals surface area contributed by atoms with Crippen LogP contribution in [-0.2, 0) is 0 Å². The molecule has 25 rings (SSSR count). The molecule has 18 aromatic carbocycles. The number of benzene rings is 18. The lowest BCUT2D eigenvalue weighted by molar-refractivity contribution is 0.665. The van der Waals surface area contributed by atoms with Crippen molar-refractivity contribution in [2.45, 2.75) is 48.5 Å². The van der Waals surface area contributed by atoms with Crippen LogP contribution >= 0.6 is 11.3 Å². The van der Waals surface area contributed by atoms with Crippen LogP contribution in [0.3, 0.4) is 0 Å². The maximum Gasteiger partial charge on any atom is 0.143 e. The van der Waals surface area contributed by atoms with Gasteiger partial charge in [0.05, 0.1) is 0 Å². The van der Waals surface area contributed by atoms with Gasteiger partial charge in [-0.2, -0.15) is 0 Å². The minimum absolute atomic E-state index is 0.946. The SMILES string of the molecule is Cc1ccc(-c2ccc3oc4ccccc4c3c2)cc1.Cc1ccc(-c2cccc3c2oc2ccccc23)cc1.Cc1ccc(-c2cccc3oc4ccccc4c23)cc1.Cc1ccc(-c2cccc3sc4ccccc4c23)cc1.Cc1ccc2oc3ccccc3c2c1.Cc1cccc2c1oc1ccccc12.Cc1cccc2oc3ccccc3c12. The Hall–Kier alpha value is -15.0. The van der Waals surface area contributed by atoms with Crippen LogP contribution in [0.4, 0.5) is 0 Å². The molecule has 588 valence electrons. The third kappa shape index (κ3) is 15.6. The van der Waals surface area contributed by atoms with Crippen molar-refractivity contribution in [2.24, 2.45) is 0 Å². The van der Waals surface area contributed by atoms with Crippen molar-refractivity contribution in [3.8, 4) is 44.5 Å². The molecule has 0 unspecified atom stereocenters. The fraction of sp³-hybridized carbons (Fsp3) is 0.0609. The third-order valence-corrected chi connectivity index (χ3v) is 23.9. The van der Waals surface area contributed by atoms with E-state index in [1.54, 1.807) is 0 Å². The Labute approximate surface area is 711 Å². The number of aryl methyl sites for hydroxylation is 7. The summed E-state index contributed by atoms with van der Waals surface area (Å²) in [4.78, 5) is 0. The molecule has 0 N–H and O–H groups in total. The van der Waals surface area contributed by atoms with Crippen LogP contribution in [0.25, 0.3) is 196 Å². The summed E-state index contributed by atoms with van der Waals surface area (Å²) in [7, 11) is 0. The molecule has 122 heavy (non-hydrogen) atoms. The largest absolute Gasteiger partial charge is 0.456 e. The second-order valence-electron chi connectivity index (χ2n) is 31.3. The van der Waals surface area contributed by atoms with Gasteiger partial charge in [-0.3, -0.25) is 0 Å². The van der Waals surface area contributed by atoms with E-state index in [4.69, 9.17) is 26.5 Å². The first kappa shape index (κ1) is 76.9. The van der Waals surface area contributed by atoms with Gasteiger partial charge in [-0.15, -0.1) is 11.3 Å². The lowest BCUT2D eigenvalue weighted by Gasteiger charge is -2.05. The van der Waals surface area contributed by atoms with Gasteiger partial charge in [0.25, 0.3) is 0 Å². The first-order valence-corrected chi connectivity index (χ1v) is 42.2. The summed E-state index contributed by atoms with van der Waals surface area (Å²) < 4.78 is 37.8. The lowest BCUT2D eigenvalue weighted by atomic mass is 9.99. The smallest absolute Gasteiger partial charge is 0.143 e. The van der Waals surface area contributed by atoms with E-state index >= 15 is 0 Å². The van der Waals surface area contributed by atoms with Crippen molar-refractivity contribution < 1.29 is 26.5 Å². The molecule has 0 fully saturated rings. The van der Waals surface area contributed by atoms with E-state index in [2.05, 4.69) is 328 Å². The molecule has 0 aliphatic carbocycles. The van der Waals surface area contributed by atoms with Crippen molar-refractivity contribution in [1.82, 2.24) is 0 Å². The van der Waals surface area contributed by atoms with Crippen LogP contribution in [0, 0.1) is 48.5 Å². The Bertz CT molecular complexity index is 7880. The molecule has 0 atom stereocenters. The number of para-hydroxylation sites is 8. The van der Waals surface area contributed by atoms with Crippen molar-refractivity contribution in [1.29, 1.82) is 0 Å². The van der Waals surface area contributed by atoms with Gasteiger partial charge in [-0.05, 0) is 183 Å². The van der Waals surface area contributed by atoms with Gasteiger partial charge in [0.1, 0.15) is 67.0 Å². The number of hydrogen-bond acceptors (Lipinski definition) is 7. The van der Waals surface area contributed by atoms with Crippen LogP contribution < -0.4 is 0 Å². The molecule has 0 spiro atoms. The van der Waals surface area contributed by atoms with E-state index in [1.807, 2.05) is 127 Å². The quantitative estimate of drug-likeness (QED) is 0.175. The standard InChI is InChI=1S/3C19H14O.C19H14S.3C13H10O/c1-13-9-11-14(12-10-13)15-6-4-7-17-16-5-2-3-8-18(16)20-19(15)17;1-13-9-11-14(12-10-13)15-6-4-8-18-19(15)16-5-2-3-7-17(16)20-18;1-13-6-8-14(9-7-13)15-10-11-19-17(12-15)16-4-2-3-5-18(16)20-19;1-13-9-11-14(12-10-13)15-6-4-8-18-19(15)16-5-2-3-7-17(16)20-18;1-9-5-4-7-11-10-6-2-3-8-12(10)14-13(9)11;1-9-5-4-8-12-13(9)10-6-2-3-7-11(10)14-12;1-9-6-7-13-11(8-9)10-4-2-3-5-12(10)14-13/h4*2-12H,1H3;3*2-8H,1H3. The maximum absolute atomic E-state index is 6.07. The summed E-state index contributed by atoms with van der Waals surface area (Å²) in [5.41, 5.74) is 30.3. The monoisotopic (exact) mass is 1590 g/mol. The first-order chi connectivity index (χ1) is 59.9. The van der Waals surface area contributed by atoms with Gasteiger partial charge in [-0.25, -0.2) is 0 Å². The Morgan fingerprint density at radius 3 is 1.02 bits per heavy atom. The van der Waals surface area contributed by atoms with E-state index < -0.39 is 0 Å². The fourth-order valence-corrected chi connectivity index (χ4v) is 17.7.